The average molecular weight is 361 g/mol. The smallest absolute Gasteiger partial charge is 0.219 e. The van der Waals surface area contributed by atoms with Gasteiger partial charge < -0.3 is 10.1 Å². The highest BCUT2D eigenvalue weighted by atomic mass is 16.5. The predicted molar refractivity (Wildman–Crippen MR) is 110 cm³/mol. The van der Waals surface area contributed by atoms with Gasteiger partial charge in [-0.15, -0.1) is 0 Å². The summed E-state index contributed by atoms with van der Waals surface area (Å²) in [7, 11) is 0. The molecule has 140 valence electrons. The first-order valence-corrected chi connectivity index (χ1v) is 9.78. The minimum absolute atomic E-state index is 0.522. The Morgan fingerprint density at radius 2 is 1.78 bits per heavy atom. The number of pyridine rings is 1. The molecule has 1 aromatic heterocycles. The Labute approximate surface area is 161 Å². The van der Waals surface area contributed by atoms with E-state index in [0.717, 1.165) is 49.4 Å². The maximum absolute atomic E-state index is 5.95. The molecule has 0 spiro atoms. The number of hydrogen-bond donors (Lipinski definition) is 1. The van der Waals surface area contributed by atoms with Crippen molar-refractivity contribution >= 4 is 10.9 Å². The van der Waals surface area contributed by atoms with E-state index in [1.165, 1.54) is 11.1 Å². The van der Waals surface area contributed by atoms with Crippen LogP contribution in [0.1, 0.15) is 30.9 Å². The van der Waals surface area contributed by atoms with E-state index in [1.54, 1.807) is 0 Å². The van der Waals surface area contributed by atoms with Crippen LogP contribution in [-0.4, -0.2) is 36.1 Å². The molecule has 2 heterocycles. The summed E-state index contributed by atoms with van der Waals surface area (Å²) in [6, 6.07) is 18.8. The van der Waals surface area contributed by atoms with Gasteiger partial charge in [-0.2, -0.15) is 0 Å². The molecule has 2 aromatic carbocycles. The fraction of sp³-hybridized carbons (Fsp3) is 0.348. The largest absolute Gasteiger partial charge is 0.439 e. The molecule has 0 saturated carbocycles. The first-order valence-electron chi connectivity index (χ1n) is 9.78. The Morgan fingerprint density at radius 3 is 2.52 bits per heavy atom. The van der Waals surface area contributed by atoms with Crippen molar-refractivity contribution in [3.8, 4) is 11.6 Å². The molecule has 0 atom stereocenters. The zero-order chi connectivity index (χ0) is 18.6. The molecule has 1 fully saturated rings. The summed E-state index contributed by atoms with van der Waals surface area (Å²) in [5.74, 6) is 1.98. The van der Waals surface area contributed by atoms with E-state index in [9.17, 15) is 0 Å². The van der Waals surface area contributed by atoms with E-state index >= 15 is 0 Å². The predicted octanol–water partition coefficient (Wildman–Crippen LogP) is 4.56. The highest BCUT2D eigenvalue weighted by Crippen LogP contribution is 2.25. The number of hydrogen-bond acceptors (Lipinski definition) is 4. The lowest BCUT2D eigenvalue weighted by atomic mass is 10.0. The molecule has 1 saturated heterocycles. The Kier molecular flexibility index (Phi) is 5.37. The third-order valence-electron chi connectivity index (χ3n) is 5.11. The Balaban J connectivity index is 1.47. The number of nitrogens with zero attached hydrogens (tertiary/aromatic N) is 2. The minimum Gasteiger partial charge on any atom is -0.439 e. The van der Waals surface area contributed by atoms with Crippen molar-refractivity contribution in [3.05, 3.63) is 65.7 Å². The third-order valence-corrected chi connectivity index (χ3v) is 5.11. The molecule has 0 bridgehead atoms. The van der Waals surface area contributed by atoms with E-state index in [4.69, 9.17) is 4.74 Å². The van der Waals surface area contributed by atoms with Gasteiger partial charge in [0.15, 0.2) is 0 Å². The van der Waals surface area contributed by atoms with Gasteiger partial charge in [0.1, 0.15) is 5.75 Å². The minimum atomic E-state index is 0.522. The second kappa shape index (κ2) is 8.07. The molecule has 27 heavy (non-hydrogen) atoms. The quantitative estimate of drug-likeness (QED) is 0.723. The molecule has 1 aliphatic rings. The van der Waals surface area contributed by atoms with Gasteiger partial charge in [0.2, 0.25) is 5.88 Å². The van der Waals surface area contributed by atoms with Crippen LogP contribution in [0.3, 0.4) is 0 Å². The summed E-state index contributed by atoms with van der Waals surface area (Å²) >= 11 is 0. The molecular formula is C23H27N3O. The molecule has 4 nitrogen and oxygen atoms in total. The van der Waals surface area contributed by atoms with Crippen molar-refractivity contribution < 1.29 is 4.74 Å². The molecule has 1 aliphatic heterocycles. The van der Waals surface area contributed by atoms with Gasteiger partial charge >= 0.3 is 0 Å². The molecule has 0 unspecified atom stereocenters. The van der Waals surface area contributed by atoms with Crippen molar-refractivity contribution in [3.63, 3.8) is 0 Å². The van der Waals surface area contributed by atoms with E-state index in [-0.39, 0.29) is 0 Å². The third kappa shape index (κ3) is 4.46. The first-order chi connectivity index (χ1) is 13.2. The van der Waals surface area contributed by atoms with Crippen LogP contribution >= 0.6 is 0 Å². The maximum atomic E-state index is 5.95. The van der Waals surface area contributed by atoms with Crippen LogP contribution in [-0.2, 0) is 6.54 Å². The van der Waals surface area contributed by atoms with Gasteiger partial charge in [0, 0.05) is 44.2 Å². The fourth-order valence-electron chi connectivity index (χ4n) is 3.48. The summed E-state index contributed by atoms with van der Waals surface area (Å²) in [5, 5.41) is 4.56. The SMILES string of the molecule is CC(C)c1ccc(Oc2ccc3cc(CN4CCNCC4)ccc3n2)cc1. The number of nitrogens with one attached hydrogen (secondary N) is 1. The Bertz CT molecular complexity index is 899. The van der Waals surface area contributed by atoms with Crippen LogP contribution in [0.25, 0.3) is 10.9 Å². The zero-order valence-corrected chi connectivity index (χ0v) is 16.1. The lowest BCUT2D eigenvalue weighted by Gasteiger charge is -2.27. The number of rotatable bonds is 5. The van der Waals surface area contributed by atoms with Crippen LogP contribution in [0.2, 0.25) is 0 Å². The second-order valence-corrected chi connectivity index (χ2v) is 7.53. The molecular weight excluding hydrogens is 334 g/mol. The molecule has 4 rings (SSSR count). The van der Waals surface area contributed by atoms with Crippen molar-refractivity contribution in [2.24, 2.45) is 0 Å². The van der Waals surface area contributed by atoms with Crippen LogP contribution in [0, 0.1) is 0 Å². The number of ether oxygens (including phenoxy) is 1. The summed E-state index contributed by atoms with van der Waals surface area (Å²) < 4.78 is 5.95. The molecule has 0 aliphatic carbocycles. The standard InChI is InChI=1S/C23H27N3O/c1-17(2)19-4-7-21(8-5-19)27-23-10-6-20-15-18(3-9-22(20)25-23)16-26-13-11-24-12-14-26/h3-10,15,17,24H,11-14,16H2,1-2H3. The number of fused-ring (bicyclic) bond motifs is 1. The molecule has 0 amide bonds. The summed E-state index contributed by atoms with van der Waals surface area (Å²) in [6.07, 6.45) is 0. The van der Waals surface area contributed by atoms with E-state index < -0.39 is 0 Å². The number of benzene rings is 2. The monoisotopic (exact) mass is 361 g/mol. The van der Waals surface area contributed by atoms with Gasteiger partial charge in [0.25, 0.3) is 0 Å². The van der Waals surface area contributed by atoms with Crippen molar-refractivity contribution in [1.82, 2.24) is 15.2 Å². The maximum Gasteiger partial charge on any atom is 0.219 e. The molecule has 4 heteroatoms. The van der Waals surface area contributed by atoms with E-state index in [0.29, 0.717) is 11.8 Å². The van der Waals surface area contributed by atoms with Gasteiger partial charge in [-0.3, -0.25) is 4.90 Å². The average Bonchev–Trinajstić information content (AvgIpc) is 2.69. The van der Waals surface area contributed by atoms with Crippen molar-refractivity contribution in [1.29, 1.82) is 0 Å². The van der Waals surface area contributed by atoms with Gasteiger partial charge in [0.05, 0.1) is 5.52 Å². The van der Waals surface area contributed by atoms with Crippen molar-refractivity contribution in [2.45, 2.75) is 26.3 Å². The normalized spacial score (nSPS) is 15.4. The van der Waals surface area contributed by atoms with Crippen LogP contribution in [0.5, 0.6) is 11.6 Å². The highest BCUT2D eigenvalue weighted by Gasteiger charge is 2.10. The van der Waals surface area contributed by atoms with Crippen LogP contribution in [0.15, 0.2) is 54.6 Å². The molecule has 1 N–H and O–H groups in total. The summed E-state index contributed by atoms with van der Waals surface area (Å²) in [6.45, 7) is 9.76. The van der Waals surface area contributed by atoms with Gasteiger partial charge in [-0.05, 0) is 47.4 Å². The Morgan fingerprint density at radius 1 is 1.00 bits per heavy atom. The van der Waals surface area contributed by atoms with E-state index in [1.807, 2.05) is 18.2 Å². The first kappa shape index (κ1) is 18.0. The van der Waals surface area contributed by atoms with Gasteiger partial charge in [-0.25, -0.2) is 4.98 Å². The van der Waals surface area contributed by atoms with Crippen molar-refractivity contribution in [2.75, 3.05) is 26.2 Å². The Hall–Kier alpha value is -2.43. The molecule has 3 aromatic rings. The second-order valence-electron chi connectivity index (χ2n) is 7.53. The lowest BCUT2D eigenvalue weighted by molar-refractivity contribution is 0.233. The highest BCUT2D eigenvalue weighted by molar-refractivity contribution is 5.79. The fourth-order valence-corrected chi connectivity index (χ4v) is 3.48. The van der Waals surface area contributed by atoms with Crippen LogP contribution < -0.4 is 10.1 Å². The lowest BCUT2D eigenvalue weighted by Crippen LogP contribution is -2.42. The zero-order valence-electron chi connectivity index (χ0n) is 16.1. The van der Waals surface area contributed by atoms with Gasteiger partial charge in [-0.1, -0.05) is 32.0 Å². The van der Waals surface area contributed by atoms with Crippen LogP contribution in [0.4, 0.5) is 0 Å². The van der Waals surface area contributed by atoms with E-state index in [2.05, 4.69) is 65.4 Å². The number of aromatic nitrogens is 1. The summed E-state index contributed by atoms with van der Waals surface area (Å²) in [5.41, 5.74) is 3.62. The summed E-state index contributed by atoms with van der Waals surface area (Å²) in [4.78, 5) is 7.16. The topological polar surface area (TPSA) is 37.4 Å². The number of piperazine rings is 1. The molecule has 0 radical (unpaired) electrons.